The van der Waals surface area contributed by atoms with Crippen molar-refractivity contribution in [2.45, 2.75) is 25.9 Å². The van der Waals surface area contributed by atoms with Gasteiger partial charge in [0.05, 0.1) is 6.61 Å². The summed E-state index contributed by atoms with van der Waals surface area (Å²) >= 11 is 0. The number of rotatable bonds is 6. The fourth-order valence-corrected chi connectivity index (χ4v) is 1.72. The van der Waals surface area contributed by atoms with E-state index >= 15 is 0 Å². The Balaban J connectivity index is 3.05. The van der Waals surface area contributed by atoms with E-state index < -0.39 is 11.6 Å². The molecule has 0 spiro atoms. The SMILES string of the molecule is CC=CCOC(CC)(C(=O)O)c1ccccc1. The molecule has 0 fully saturated rings. The van der Waals surface area contributed by atoms with Gasteiger partial charge in [-0.3, -0.25) is 0 Å². The molecule has 17 heavy (non-hydrogen) atoms. The normalized spacial score (nSPS) is 14.7. The maximum absolute atomic E-state index is 11.5. The summed E-state index contributed by atoms with van der Waals surface area (Å²) in [5, 5.41) is 9.43. The van der Waals surface area contributed by atoms with E-state index in [9.17, 15) is 9.90 Å². The zero-order valence-electron chi connectivity index (χ0n) is 10.2. The summed E-state index contributed by atoms with van der Waals surface area (Å²) in [6, 6.07) is 9.07. The summed E-state index contributed by atoms with van der Waals surface area (Å²) in [7, 11) is 0. The number of hydrogen-bond donors (Lipinski definition) is 1. The molecule has 0 aliphatic carbocycles. The number of carbonyl (C=O) groups is 1. The molecule has 1 aromatic rings. The van der Waals surface area contributed by atoms with Crippen LogP contribution in [-0.4, -0.2) is 17.7 Å². The molecule has 1 rings (SSSR count). The van der Waals surface area contributed by atoms with Gasteiger partial charge in [0, 0.05) is 0 Å². The molecular weight excluding hydrogens is 216 g/mol. The van der Waals surface area contributed by atoms with Crippen LogP contribution in [0.3, 0.4) is 0 Å². The van der Waals surface area contributed by atoms with E-state index in [1.807, 2.05) is 38.1 Å². The maximum atomic E-state index is 11.5. The van der Waals surface area contributed by atoms with Crippen molar-refractivity contribution in [2.24, 2.45) is 0 Å². The number of ether oxygens (including phenoxy) is 1. The third-order valence-electron chi connectivity index (χ3n) is 2.75. The summed E-state index contributed by atoms with van der Waals surface area (Å²) in [5.74, 6) is -0.948. The van der Waals surface area contributed by atoms with Crippen molar-refractivity contribution in [3.05, 3.63) is 48.0 Å². The third-order valence-corrected chi connectivity index (χ3v) is 2.75. The Hall–Kier alpha value is -1.61. The smallest absolute Gasteiger partial charge is 0.340 e. The molecule has 3 nitrogen and oxygen atoms in total. The Bertz CT molecular complexity index is 384. The lowest BCUT2D eigenvalue weighted by molar-refractivity contribution is -0.166. The predicted molar refractivity (Wildman–Crippen MR) is 66.8 cm³/mol. The Morgan fingerprint density at radius 3 is 2.53 bits per heavy atom. The molecule has 0 saturated heterocycles. The maximum Gasteiger partial charge on any atom is 0.340 e. The highest BCUT2D eigenvalue weighted by Gasteiger charge is 2.39. The first kappa shape index (κ1) is 13.5. The van der Waals surface area contributed by atoms with Crippen molar-refractivity contribution in [3.63, 3.8) is 0 Å². The number of aliphatic carboxylic acids is 1. The van der Waals surface area contributed by atoms with Gasteiger partial charge in [0.2, 0.25) is 0 Å². The zero-order valence-corrected chi connectivity index (χ0v) is 10.2. The topological polar surface area (TPSA) is 46.5 Å². The van der Waals surface area contributed by atoms with Gasteiger partial charge in [-0.25, -0.2) is 4.79 Å². The second kappa shape index (κ2) is 6.21. The van der Waals surface area contributed by atoms with Crippen LogP contribution in [-0.2, 0) is 15.1 Å². The quantitative estimate of drug-likeness (QED) is 0.770. The van der Waals surface area contributed by atoms with Crippen LogP contribution in [0, 0.1) is 0 Å². The lowest BCUT2D eigenvalue weighted by Gasteiger charge is -2.28. The predicted octanol–water partition coefficient (Wildman–Crippen LogP) is 2.97. The van der Waals surface area contributed by atoms with E-state index in [4.69, 9.17) is 4.74 Å². The first-order valence-electron chi connectivity index (χ1n) is 5.71. The first-order chi connectivity index (χ1) is 8.17. The first-order valence-corrected chi connectivity index (χ1v) is 5.71. The fraction of sp³-hybridized carbons (Fsp3) is 0.357. The average molecular weight is 234 g/mol. The minimum absolute atomic E-state index is 0.297. The molecule has 0 aliphatic heterocycles. The van der Waals surface area contributed by atoms with Gasteiger partial charge >= 0.3 is 5.97 Å². The fourth-order valence-electron chi connectivity index (χ4n) is 1.72. The van der Waals surface area contributed by atoms with E-state index in [1.54, 1.807) is 18.2 Å². The highest BCUT2D eigenvalue weighted by atomic mass is 16.5. The van der Waals surface area contributed by atoms with E-state index in [0.717, 1.165) is 0 Å². The molecule has 0 amide bonds. The van der Waals surface area contributed by atoms with E-state index in [2.05, 4.69) is 0 Å². The Labute approximate surface area is 102 Å². The van der Waals surface area contributed by atoms with Gasteiger partial charge in [-0.2, -0.15) is 0 Å². The molecule has 3 heteroatoms. The minimum atomic E-state index is -1.25. The zero-order chi connectivity index (χ0) is 12.7. The molecule has 92 valence electrons. The Morgan fingerprint density at radius 2 is 2.06 bits per heavy atom. The van der Waals surface area contributed by atoms with Crippen molar-refractivity contribution in [3.8, 4) is 0 Å². The molecule has 1 atom stereocenters. The van der Waals surface area contributed by atoms with Gasteiger partial charge in [0.1, 0.15) is 0 Å². The molecule has 0 radical (unpaired) electrons. The molecule has 0 bridgehead atoms. The van der Waals surface area contributed by atoms with Crippen molar-refractivity contribution in [1.29, 1.82) is 0 Å². The molecule has 0 aliphatic rings. The van der Waals surface area contributed by atoms with Crippen LogP contribution in [0.4, 0.5) is 0 Å². The molecular formula is C14H18O3. The Morgan fingerprint density at radius 1 is 1.41 bits per heavy atom. The van der Waals surface area contributed by atoms with Crippen LogP contribution in [0.5, 0.6) is 0 Å². The van der Waals surface area contributed by atoms with Gasteiger partial charge in [-0.1, -0.05) is 49.4 Å². The van der Waals surface area contributed by atoms with Crippen LogP contribution in [0.25, 0.3) is 0 Å². The van der Waals surface area contributed by atoms with Crippen molar-refractivity contribution < 1.29 is 14.6 Å². The molecule has 1 N–H and O–H groups in total. The number of carboxylic acid groups (broad SMARTS) is 1. The lowest BCUT2D eigenvalue weighted by Crippen LogP contribution is -2.38. The third kappa shape index (κ3) is 2.94. The van der Waals surface area contributed by atoms with Crippen LogP contribution < -0.4 is 0 Å². The van der Waals surface area contributed by atoms with Gasteiger partial charge in [-0.05, 0) is 18.9 Å². The summed E-state index contributed by atoms with van der Waals surface area (Å²) in [4.78, 5) is 11.5. The second-order valence-corrected chi connectivity index (χ2v) is 3.73. The highest BCUT2D eigenvalue weighted by Crippen LogP contribution is 2.29. The largest absolute Gasteiger partial charge is 0.479 e. The molecule has 0 heterocycles. The molecule has 0 aromatic heterocycles. The highest BCUT2D eigenvalue weighted by molar-refractivity contribution is 5.79. The summed E-state index contributed by atoms with van der Waals surface area (Å²) < 4.78 is 5.58. The van der Waals surface area contributed by atoms with Crippen LogP contribution in [0.15, 0.2) is 42.5 Å². The van der Waals surface area contributed by atoms with Crippen molar-refractivity contribution >= 4 is 5.97 Å². The average Bonchev–Trinajstić information content (AvgIpc) is 2.36. The van der Waals surface area contributed by atoms with Gasteiger partial charge in [0.25, 0.3) is 0 Å². The number of hydrogen-bond acceptors (Lipinski definition) is 2. The second-order valence-electron chi connectivity index (χ2n) is 3.73. The van der Waals surface area contributed by atoms with Crippen LogP contribution >= 0.6 is 0 Å². The standard InChI is InChI=1S/C14H18O3/c1-3-5-11-17-14(4-2,13(15)16)12-9-7-6-8-10-12/h3,5-10H,4,11H2,1-2H3,(H,15,16). The summed E-state index contributed by atoms with van der Waals surface area (Å²) in [5.41, 5.74) is -0.569. The van der Waals surface area contributed by atoms with Gasteiger partial charge in [-0.15, -0.1) is 0 Å². The van der Waals surface area contributed by atoms with Crippen molar-refractivity contribution in [1.82, 2.24) is 0 Å². The molecule has 1 aromatic carbocycles. The van der Waals surface area contributed by atoms with E-state index in [-0.39, 0.29) is 0 Å². The van der Waals surface area contributed by atoms with E-state index in [1.165, 1.54) is 0 Å². The number of allylic oxidation sites excluding steroid dienone is 1. The minimum Gasteiger partial charge on any atom is -0.479 e. The van der Waals surface area contributed by atoms with Crippen molar-refractivity contribution in [2.75, 3.05) is 6.61 Å². The number of carboxylic acids is 1. The Kier molecular flexibility index (Phi) is 4.91. The van der Waals surface area contributed by atoms with Crippen LogP contribution in [0.2, 0.25) is 0 Å². The molecule has 1 unspecified atom stereocenters. The summed E-state index contributed by atoms with van der Waals surface area (Å²) in [6.45, 7) is 3.99. The monoisotopic (exact) mass is 234 g/mol. The summed E-state index contributed by atoms with van der Waals surface area (Å²) in [6.07, 6.45) is 4.04. The lowest BCUT2D eigenvalue weighted by atomic mass is 9.91. The van der Waals surface area contributed by atoms with Gasteiger partial charge in [0.15, 0.2) is 5.60 Å². The van der Waals surface area contributed by atoms with E-state index in [0.29, 0.717) is 18.6 Å². The molecule has 0 saturated carbocycles. The number of benzene rings is 1. The van der Waals surface area contributed by atoms with Crippen LogP contribution in [0.1, 0.15) is 25.8 Å². The van der Waals surface area contributed by atoms with Gasteiger partial charge < -0.3 is 9.84 Å².